The van der Waals surface area contributed by atoms with Gasteiger partial charge in [0.05, 0.1) is 12.1 Å². The van der Waals surface area contributed by atoms with Crippen LogP contribution in [0.1, 0.15) is 15.9 Å². The highest BCUT2D eigenvalue weighted by atomic mass is 19.1. The lowest BCUT2D eigenvalue weighted by atomic mass is 10.1. The number of amides is 2. The molecule has 0 atom stereocenters. The average Bonchev–Trinajstić information content (AvgIpc) is 2.42. The van der Waals surface area contributed by atoms with E-state index in [9.17, 15) is 14.0 Å². The van der Waals surface area contributed by atoms with Crippen molar-refractivity contribution in [1.82, 2.24) is 10.2 Å². The van der Waals surface area contributed by atoms with E-state index in [0.717, 1.165) is 6.07 Å². The maximum Gasteiger partial charge on any atom is 0.253 e. The van der Waals surface area contributed by atoms with Crippen molar-refractivity contribution < 1.29 is 19.1 Å². The zero-order chi connectivity index (χ0) is 15.1. The third kappa shape index (κ3) is 4.37. The predicted octanol–water partition coefficient (Wildman–Crippen LogP) is -0.0125. The molecule has 0 heterocycles. The minimum atomic E-state index is -0.595. The number of rotatable bonds is 3. The Balaban J connectivity index is 2.91. The molecule has 0 fully saturated rings. The molecule has 5 nitrogen and oxygen atoms in total. The lowest BCUT2D eigenvalue weighted by molar-refractivity contribution is -0.127. The van der Waals surface area contributed by atoms with Crippen molar-refractivity contribution in [2.75, 3.05) is 27.2 Å². The lowest BCUT2D eigenvalue weighted by Gasteiger charge is -2.11. The van der Waals surface area contributed by atoms with E-state index < -0.39 is 11.7 Å². The molecule has 0 radical (unpaired) electrons. The summed E-state index contributed by atoms with van der Waals surface area (Å²) in [7, 11) is 3.13. The molecule has 0 bridgehead atoms. The van der Waals surface area contributed by atoms with Crippen LogP contribution in [0.4, 0.5) is 4.39 Å². The Morgan fingerprint density at radius 3 is 2.70 bits per heavy atom. The Bertz CT molecular complexity index is 574. The number of carbonyl (C=O) groups excluding carboxylic acids is 2. The third-order valence-electron chi connectivity index (χ3n) is 2.43. The van der Waals surface area contributed by atoms with Crippen LogP contribution in [-0.2, 0) is 4.79 Å². The summed E-state index contributed by atoms with van der Waals surface area (Å²) in [5, 5.41) is 11.0. The van der Waals surface area contributed by atoms with Crippen LogP contribution in [0.3, 0.4) is 0 Å². The monoisotopic (exact) mass is 278 g/mol. The summed E-state index contributed by atoms with van der Waals surface area (Å²) in [5.74, 6) is 3.49. The Kier molecular flexibility index (Phi) is 5.69. The standard InChI is InChI=1S/C14H15FN2O3/c1-17(2)13(19)9-16-14(20)12-8-11(15)6-5-10(12)4-3-7-18/h5-6,8,18H,7,9H2,1-2H3,(H,16,20). The molecule has 20 heavy (non-hydrogen) atoms. The molecular formula is C14H15FN2O3. The van der Waals surface area contributed by atoms with E-state index in [0.29, 0.717) is 0 Å². The van der Waals surface area contributed by atoms with Crippen molar-refractivity contribution in [2.24, 2.45) is 0 Å². The highest BCUT2D eigenvalue weighted by molar-refractivity contribution is 5.98. The molecule has 0 aliphatic carbocycles. The van der Waals surface area contributed by atoms with Crippen molar-refractivity contribution in [3.05, 3.63) is 35.1 Å². The molecule has 0 saturated heterocycles. The molecule has 2 amide bonds. The first-order chi connectivity index (χ1) is 9.45. The molecule has 6 heteroatoms. The van der Waals surface area contributed by atoms with E-state index in [4.69, 9.17) is 5.11 Å². The normalized spacial score (nSPS) is 9.40. The summed E-state index contributed by atoms with van der Waals surface area (Å²) in [6, 6.07) is 3.56. The fourth-order valence-corrected chi connectivity index (χ4v) is 1.36. The second-order valence-electron chi connectivity index (χ2n) is 4.12. The van der Waals surface area contributed by atoms with E-state index >= 15 is 0 Å². The number of nitrogens with zero attached hydrogens (tertiary/aromatic N) is 1. The number of benzene rings is 1. The van der Waals surface area contributed by atoms with Gasteiger partial charge in [-0.2, -0.15) is 0 Å². The molecule has 1 aromatic carbocycles. The van der Waals surface area contributed by atoms with Gasteiger partial charge in [0.25, 0.3) is 5.91 Å². The number of nitrogens with one attached hydrogen (secondary N) is 1. The number of hydrogen-bond acceptors (Lipinski definition) is 3. The van der Waals surface area contributed by atoms with Crippen LogP contribution in [-0.4, -0.2) is 49.1 Å². The second-order valence-corrected chi connectivity index (χ2v) is 4.12. The van der Waals surface area contributed by atoms with E-state index in [-0.39, 0.29) is 30.2 Å². The molecule has 106 valence electrons. The summed E-state index contributed by atoms with van der Waals surface area (Å²) in [6.07, 6.45) is 0. The van der Waals surface area contributed by atoms with Crippen LogP contribution in [0, 0.1) is 17.7 Å². The average molecular weight is 278 g/mol. The Labute approximate surface area is 116 Å². The summed E-state index contributed by atoms with van der Waals surface area (Å²) in [6.45, 7) is -0.549. The highest BCUT2D eigenvalue weighted by Gasteiger charge is 2.13. The van der Waals surface area contributed by atoms with Gasteiger partial charge in [0.15, 0.2) is 0 Å². The van der Waals surface area contributed by atoms with Crippen molar-refractivity contribution in [3.8, 4) is 11.8 Å². The number of hydrogen-bond donors (Lipinski definition) is 2. The van der Waals surface area contributed by atoms with Gasteiger partial charge in [-0.15, -0.1) is 0 Å². The van der Waals surface area contributed by atoms with Crippen LogP contribution < -0.4 is 5.32 Å². The lowest BCUT2D eigenvalue weighted by Crippen LogP contribution is -2.36. The van der Waals surface area contributed by atoms with Gasteiger partial charge >= 0.3 is 0 Å². The maximum atomic E-state index is 13.2. The smallest absolute Gasteiger partial charge is 0.253 e. The number of carbonyl (C=O) groups is 2. The molecule has 2 N–H and O–H groups in total. The SMILES string of the molecule is CN(C)C(=O)CNC(=O)c1cc(F)ccc1C#CCO. The fraction of sp³-hybridized carbons (Fsp3) is 0.286. The number of aliphatic hydroxyl groups is 1. The highest BCUT2D eigenvalue weighted by Crippen LogP contribution is 2.10. The van der Waals surface area contributed by atoms with Crippen molar-refractivity contribution in [2.45, 2.75) is 0 Å². The summed E-state index contributed by atoms with van der Waals surface area (Å²) in [4.78, 5) is 24.6. The van der Waals surface area contributed by atoms with Crippen LogP contribution in [0.2, 0.25) is 0 Å². The van der Waals surface area contributed by atoms with E-state index in [1.807, 2.05) is 0 Å². The van der Waals surface area contributed by atoms with Crippen molar-refractivity contribution in [1.29, 1.82) is 0 Å². The van der Waals surface area contributed by atoms with Crippen LogP contribution in [0.25, 0.3) is 0 Å². The first kappa shape index (κ1) is 15.7. The molecular weight excluding hydrogens is 263 g/mol. The Morgan fingerprint density at radius 1 is 1.40 bits per heavy atom. The van der Waals surface area contributed by atoms with Crippen molar-refractivity contribution in [3.63, 3.8) is 0 Å². The summed E-state index contributed by atoms with van der Waals surface area (Å²) >= 11 is 0. The number of aliphatic hydroxyl groups excluding tert-OH is 1. The van der Waals surface area contributed by atoms with E-state index in [1.54, 1.807) is 14.1 Å². The first-order valence-corrected chi connectivity index (χ1v) is 5.83. The predicted molar refractivity (Wildman–Crippen MR) is 71.4 cm³/mol. The van der Waals surface area contributed by atoms with Crippen LogP contribution in [0.5, 0.6) is 0 Å². The second kappa shape index (κ2) is 7.26. The largest absolute Gasteiger partial charge is 0.384 e. The van der Waals surface area contributed by atoms with E-state index in [2.05, 4.69) is 17.2 Å². The fourth-order valence-electron chi connectivity index (χ4n) is 1.36. The van der Waals surface area contributed by atoms with Gasteiger partial charge in [0.2, 0.25) is 5.91 Å². The van der Waals surface area contributed by atoms with Gasteiger partial charge < -0.3 is 15.3 Å². The molecule has 1 aromatic rings. The van der Waals surface area contributed by atoms with Crippen LogP contribution in [0.15, 0.2) is 18.2 Å². The van der Waals surface area contributed by atoms with Gasteiger partial charge in [-0.3, -0.25) is 9.59 Å². The third-order valence-corrected chi connectivity index (χ3v) is 2.43. The topological polar surface area (TPSA) is 69.6 Å². The molecule has 1 rings (SSSR count). The Hall–Kier alpha value is -2.39. The molecule has 0 spiro atoms. The van der Waals surface area contributed by atoms with Gasteiger partial charge in [-0.05, 0) is 18.2 Å². The zero-order valence-corrected chi connectivity index (χ0v) is 11.2. The molecule has 0 aliphatic heterocycles. The summed E-state index contributed by atoms with van der Waals surface area (Å²) in [5.41, 5.74) is 0.313. The Morgan fingerprint density at radius 2 is 2.10 bits per heavy atom. The van der Waals surface area contributed by atoms with Gasteiger partial charge in [-0.1, -0.05) is 11.8 Å². The van der Waals surface area contributed by atoms with Crippen molar-refractivity contribution >= 4 is 11.8 Å². The van der Waals surface area contributed by atoms with Gasteiger partial charge in [-0.25, -0.2) is 4.39 Å². The number of halogens is 1. The van der Waals surface area contributed by atoms with Crippen LogP contribution >= 0.6 is 0 Å². The summed E-state index contributed by atoms with van der Waals surface area (Å²) < 4.78 is 13.2. The molecule has 0 saturated carbocycles. The minimum Gasteiger partial charge on any atom is -0.384 e. The van der Waals surface area contributed by atoms with Gasteiger partial charge in [0, 0.05) is 19.7 Å². The molecule has 0 aromatic heterocycles. The first-order valence-electron chi connectivity index (χ1n) is 5.83. The zero-order valence-electron chi connectivity index (χ0n) is 11.2. The van der Waals surface area contributed by atoms with Gasteiger partial charge in [0.1, 0.15) is 12.4 Å². The molecule has 0 aliphatic rings. The minimum absolute atomic E-state index is 0.0255. The maximum absolute atomic E-state index is 13.2. The number of likely N-dealkylation sites (N-methyl/N-ethyl adjacent to an activating group) is 1. The molecule has 0 unspecified atom stereocenters. The quantitative estimate of drug-likeness (QED) is 0.764. The van der Waals surface area contributed by atoms with E-state index in [1.165, 1.54) is 17.0 Å².